The van der Waals surface area contributed by atoms with E-state index in [0.717, 1.165) is 0 Å². The molecule has 2 aromatic rings. The second-order valence-corrected chi connectivity index (χ2v) is 6.08. The first-order valence-electron chi connectivity index (χ1n) is 7.69. The number of hydrogen-bond donors (Lipinski definition) is 2. The van der Waals surface area contributed by atoms with Crippen LogP contribution in [0.25, 0.3) is 0 Å². The number of hydrazine groups is 1. The van der Waals surface area contributed by atoms with Crippen LogP contribution in [0.3, 0.4) is 0 Å². The molecule has 0 radical (unpaired) electrons. The zero-order chi connectivity index (χ0) is 19.8. The zero-order valence-corrected chi connectivity index (χ0v) is 15.8. The van der Waals surface area contributed by atoms with Crippen LogP contribution in [0.15, 0.2) is 46.9 Å². The van der Waals surface area contributed by atoms with Crippen LogP contribution in [-0.4, -0.2) is 37.1 Å². The summed E-state index contributed by atoms with van der Waals surface area (Å²) in [6, 6.07) is 10.2. The number of nitro groups is 1. The van der Waals surface area contributed by atoms with E-state index in [1.165, 1.54) is 37.4 Å². The lowest BCUT2D eigenvalue weighted by atomic mass is 10.1. The number of nitrogens with zero attached hydrogens (tertiary/aromatic N) is 1. The van der Waals surface area contributed by atoms with Gasteiger partial charge in [0.1, 0.15) is 17.9 Å². The van der Waals surface area contributed by atoms with Crippen molar-refractivity contribution in [3.63, 3.8) is 0 Å². The van der Waals surface area contributed by atoms with Gasteiger partial charge in [-0.05, 0) is 24.3 Å². The second-order valence-electron chi connectivity index (χ2n) is 5.16. The highest BCUT2D eigenvalue weighted by Gasteiger charge is 2.20. The van der Waals surface area contributed by atoms with E-state index in [1.54, 1.807) is 12.1 Å². The molecule has 142 valence electrons. The van der Waals surface area contributed by atoms with E-state index < -0.39 is 16.7 Å². The molecule has 2 aromatic carbocycles. The summed E-state index contributed by atoms with van der Waals surface area (Å²) in [6.45, 7) is 0.576. The number of para-hydroxylation sites is 1. The summed E-state index contributed by atoms with van der Waals surface area (Å²) >= 11 is 3.27. The fraction of sp³-hybridized carbons (Fsp3) is 0.176. The molecule has 0 heterocycles. The first-order chi connectivity index (χ1) is 12.9. The molecule has 9 nitrogen and oxygen atoms in total. The van der Waals surface area contributed by atoms with Crippen LogP contribution in [0.4, 0.5) is 5.69 Å². The molecule has 0 fully saturated rings. The van der Waals surface area contributed by atoms with Gasteiger partial charge in [0.2, 0.25) is 0 Å². The Hall–Kier alpha value is -2.98. The number of halogens is 1. The standard InChI is InChI=1S/C17H16BrN3O6/c1-26-8-9-27-15-7-6-11(18)10-13(15)17(23)20-19-16(22)12-4-2-3-5-14(12)21(24)25/h2-7,10H,8-9H2,1H3,(H,19,22)(H,20,23). The van der Waals surface area contributed by atoms with Crippen LogP contribution in [-0.2, 0) is 4.74 Å². The molecule has 0 bridgehead atoms. The lowest BCUT2D eigenvalue weighted by Crippen LogP contribution is -2.42. The summed E-state index contributed by atoms with van der Waals surface area (Å²) in [4.78, 5) is 34.9. The quantitative estimate of drug-likeness (QED) is 0.389. The highest BCUT2D eigenvalue weighted by atomic mass is 79.9. The fourth-order valence-corrected chi connectivity index (χ4v) is 2.47. The average Bonchev–Trinajstić information content (AvgIpc) is 2.67. The van der Waals surface area contributed by atoms with E-state index in [0.29, 0.717) is 16.8 Å². The Bertz CT molecular complexity index is 858. The number of nitro benzene ring substituents is 1. The number of carbonyl (C=O) groups excluding carboxylic acids is 2. The Morgan fingerprint density at radius 2 is 1.74 bits per heavy atom. The van der Waals surface area contributed by atoms with E-state index in [9.17, 15) is 19.7 Å². The number of benzene rings is 2. The van der Waals surface area contributed by atoms with Gasteiger partial charge in [-0.1, -0.05) is 28.1 Å². The van der Waals surface area contributed by atoms with Gasteiger partial charge in [-0.25, -0.2) is 0 Å². The number of rotatable bonds is 7. The molecule has 0 aliphatic rings. The van der Waals surface area contributed by atoms with Gasteiger partial charge in [-0.3, -0.25) is 30.6 Å². The monoisotopic (exact) mass is 437 g/mol. The summed E-state index contributed by atoms with van der Waals surface area (Å²) in [6.07, 6.45) is 0. The number of methoxy groups -OCH3 is 1. The van der Waals surface area contributed by atoms with E-state index >= 15 is 0 Å². The molecule has 2 N–H and O–H groups in total. The van der Waals surface area contributed by atoms with Crippen molar-refractivity contribution in [1.29, 1.82) is 0 Å². The van der Waals surface area contributed by atoms with Gasteiger partial charge >= 0.3 is 0 Å². The maximum atomic E-state index is 12.4. The van der Waals surface area contributed by atoms with E-state index in [-0.39, 0.29) is 23.4 Å². The van der Waals surface area contributed by atoms with Gasteiger partial charge in [-0.2, -0.15) is 0 Å². The second kappa shape index (κ2) is 9.64. The molecule has 10 heteroatoms. The van der Waals surface area contributed by atoms with Gasteiger partial charge in [0.25, 0.3) is 17.5 Å². The Kier molecular flexibility index (Phi) is 7.26. The largest absolute Gasteiger partial charge is 0.490 e. The van der Waals surface area contributed by atoms with Crippen LogP contribution >= 0.6 is 15.9 Å². The van der Waals surface area contributed by atoms with Gasteiger partial charge in [0, 0.05) is 17.6 Å². The maximum Gasteiger partial charge on any atom is 0.282 e. The van der Waals surface area contributed by atoms with Crippen molar-refractivity contribution in [2.75, 3.05) is 20.3 Å². The zero-order valence-electron chi connectivity index (χ0n) is 14.2. The summed E-state index contributed by atoms with van der Waals surface area (Å²) in [5.41, 5.74) is 4.03. The first kappa shape index (κ1) is 20.3. The number of hydrogen-bond acceptors (Lipinski definition) is 6. The highest BCUT2D eigenvalue weighted by molar-refractivity contribution is 9.10. The minimum Gasteiger partial charge on any atom is -0.490 e. The fourth-order valence-electron chi connectivity index (χ4n) is 2.11. The van der Waals surface area contributed by atoms with Gasteiger partial charge in [0.15, 0.2) is 0 Å². The number of nitrogens with one attached hydrogen (secondary N) is 2. The third kappa shape index (κ3) is 5.50. The normalized spacial score (nSPS) is 10.1. The number of ether oxygens (including phenoxy) is 2. The van der Waals surface area contributed by atoms with Crippen LogP contribution in [0.2, 0.25) is 0 Å². The van der Waals surface area contributed by atoms with Crippen molar-refractivity contribution < 1.29 is 24.0 Å². The smallest absolute Gasteiger partial charge is 0.282 e. The molecule has 2 amide bonds. The minimum atomic E-state index is -0.813. The van der Waals surface area contributed by atoms with Crippen LogP contribution < -0.4 is 15.6 Å². The van der Waals surface area contributed by atoms with Crippen molar-refractivity contribution >= 4 is 33.4 Å². The molecule has 0 atom stereocenters. The third-order valence-electron chi connectivity index (χ3n) is 3.37. The molecule has 0 unspecified atom stereocenters. The third-order valence-corrected chi connectivity index (χ3v) is 3.86. The topological polar surface area (TPSA) is 120 Å². The van der Waals surface area contributed by atoms with Crippen LogP contribution in [0, 0.1) is 10.1 Å². The molecule has 0 saturated carbocycles. The molecule has 0 aliphatic carbocycles. The van der Waals surface area contributed by atoms with Gasteiger partial charge in [-0.15, -0.1) is 0 Å². The van der Waals surface area contributed by atoms with Crippen molar-refractivity contribution in [1.82, 2.24) is 10.9 Å². The van der Waals surface area contributed by atoms with E-state index in [1.807, 2.05) is 0 Å². The molecule has 2 rings (SSSR count). The summed E-state index contributed by atoms with van der Waals surface area (Å²) in [5, 5.41) is 11.0. The van der Waals surface area contributed by atoms with E-state index in [2.05, 4.69) is 26.8 Å². The number of amides is 2. The lowest BCUT2D eigenvalue weighted by molar-refractivity contribution is -0.385. The van der Waals surface area contributed by atoms with E-state index in [4.69, 9.17) is 9.47 Å². The van der Waals surface area contributed by atoms with Crippen molar-refractivity contribution in [3.05, 3.63) is 68.2 Å². The minimum absolute atomic E-state index is 0.170. The summed E-state index contributed by atoms with van der Waals surface area (Å²) < 4.78 is 11.0. The Balaban J connectivity index is 2.11. The van der Waals surface area contributed by atoms with Gasteiger partial charge < -0.3 is 9.47 Å². The lowest BCUT2D eigenvalue weighted by Gasteiger charge is -2.12. The molecule has 0 spiro atoms. The van der Waals surface area contributed by atoms with Gasteiger partial charge in [0.05, 0.1) is 17.1 Å². The highest BCUT2D eigenvalue weighted by Crippen LogP contribution is 2.23. The van der Waals surface area contributed by atoms with Crippen molar-refractivity contribution in [2.24, 2.45) is 0 Å². The predicted molar refractivity (Wildman–Crippen MR) is 99.5 cm³/mol. The average molecular weight is 438 g/mol. The molecule has 27 heavy (non-hydrogen) atoms. The first-order valence-corrected chi connectivity index (χ1v) is 8.48. The van der Waals surface area contributed by atoms with Crippen molar-refractivity contribution in [3.8, 4) is 5.75 Å². The summed E-state index contributed by atoms with van der Waals surface area (Å²) in [7, 11) is 1.52. The Labute approximate surface area is 162 Å². The molecule has 0 aliphatic heterocycles. The molecule has 0 aromatic heterocycles. The molecule has 0 saturated heterocycles. The molecular weight excluding hydrogens is 422 g/mol. The van der Waals surface area contributed by atoms with Crippen LogP contribution in [0.1, 0.15) is 20.7 Å². The predicted octanol–water partition coefficient (Wildman–Crippen LogP) is 2.46. The Morgan fingerprint density at radius 3 is 2.41 bits per heavy atom. The molecular formula is C17H16BrN3O6. The number of carbonyl (C=O) groups is 2. The summed E-state index contributed by atoms with van der Waals surface area (Å²) in [5.74, 6) is -1.16. The van der Waals surface area contributed by atoms with Crippen molar-refractivity contribution in [2.45, 2.75) is 0 Å². The Morgan fingerprint density at radius 1 is 1.07 bits per heavy atom. The van der Waals surface area contributed by atoms with Crippen LogP contribution in [0.5, 0.6) is 5.75 Å². The maximum absolute atomic E-state index is 12.4. The SMILES string of the molecule is COCCOc1ccc(Br)cc1C(=O)NNC(=O)c1ccccc1[N+](=O)[O-].